The smallest absolute Gasteiger partial charge is 0.243 e. The van der Waals surface area contributed by atoms with Gasteiger partial charge in [0.2, 0.25) is 10.0 Å². The maximum atomic E-state index is 13.7. The molecular formula is C12H18FNO5S2. The molecule has 9 heteroatoms. The fourth-order valence-corrected chi connectivity index (χ4v) is 3.30. The second-order valence-electron chi connectivity index (χ2n) is 5.03. The van der Waals surface area contributed by atoms with Crippen molar-refractivity contribution in [3.63, 3.8) is 0 Å². The Morgan fingerprint density at radius 1 is 1.24 bits per heavy atom. The Morgan fingerprint density at radius 2 is 1.81 bits per heavy atom. The summed E-state index contributed by atoms with van der Waals surface area (Å²) in [6.45, 7) is 3.11. The standard InChI is InChI=1S/C12H18FNO5S2/c1-8(2)11(15)7-14-21(18,19)12-6-9(20(3,16)17)4-5-10(12)13/h4-6,8,11,14-15H,7H2,1-3H3. The van der Waals surface area contributed by atoms with Crippen LogP contribution in [0, 0.1) is 11.7 Å². The maximum Gasteiger partial charge on any atom is 0.243 e. The summed E-state index contributed by atoms with van der Waals surface area (Å²) in [7, 11) is -7.91. The van der Waals surface area contributed by atoms with Crippen molar-refractivity contribution in [1.29, 1.82) is 0 Å². The van der Waals surface area contributed by atoms with E-state index in [4.69, 9.17) is 0 Å². The Hall–Kier alpha value is -1.03. The van der Waals surface area contributed by atoms with Crippen LogP contribution in [-0.2, 0) is 19.9 Å². The first kappa shape index (κ1) is 18.0. The highest BCUT2D eigenvalue weighted by Crippen LogP contribution is 2.19. The molecule has 120 valence electrons. The molecule has 0 heterocycles. The van der Waals surface area contributed by atoms with Crippen LogP contribution in [0.3, 0.4) is 0 Å². The van der Waals surface area contributed by atoms with Gasteiger partial charge in [0, 0.05) is 12.8 Å². The molecule has 1 aromatic carbocycles. The van der Waals surface area contributed by atoms with E-state index in [1.54, 1.807) is 13.8 Å². The summed E-state index contributed by atoms with van der Waals surface area (Å²) < 4.78 is 62.5. The van der Waals surface area contributed by atoms with Crippen LogP contribution in [-0.4, -0.2) is 40.8 Å². The quantitative estimate of drug-likeness (QED) is 0.736. The monoisotopic (exact) mass is 339 g/mol. The number of sulfonamides is 1. The molecule has 2 N–H and O–H groups in total. The molecule has 0 saturated carbocycles. The van der Waals surface area contributed by atoms with Gasteiger partial charge in [-0.2, -0.15) is 0 Å². The fourth-order valence-electron chi connectivity index (χ4n) is 1.43. The lowest BCUT2D eigenvalue weighted by Crippen LogP contribution is -2.35. The Balaban J connectivity index is 3.14. The average molecular weight is 339 g/mol. The van der Waals surface area contributed by atoms with E-state index in [2.05, 4.69) is 4.72 Å². The van der Waals surface area contributed by atoms with Crippen LogP contribution in [0.15, 0.2) is 28.0 Å². The first-order valence-corrected chi connectivity index (χ1v) is 9.50. The van der Waals surface area contributed by atoms with E-state index in [0.717, 1.165) is 24.5 Å². The van der Waals surface area contributed by atoms with Crippen LogP contribution in [0.1, 0.15) is 13.8 Å². The summed E-state index contributed by atoms with van der Waals surface area (Å²) in [6.07, 6.45) is -0.0343. The number of benzene rings is 1. The highest BCUT2D eigenvalue weighted by atomic mass is 32.2. The van der Waals surface area contributed by atoms with Gasteiger partial charge >= 0.3 is 0 Å². The van der Waals surface area contributed by atoms with Gasteiger partial charge in [0.05, 0.1) is 11.0 Å². The highest BCUT2D eigenvalue weighted by molar-refractivity contribution is 7.91. The first-order chi connectivity index (χ1) is 9.45. The van der Waals surface area contributed by atoms with Gasteiger partial charge in [-0.1, -0.05) is 13.8 Å². The molecule has 1 aromatic rings. The second-order valence-corrected chi connectivity index (χ2v) is 8.78. The van der Waals surface area contributed by atoms with Crippen molar-refractivity contribution in [2.75, 3.05) is 12.8 Å². The Kier molecular flexibility index (Phi) is 5.48. The van der Waals surface area contributed by atoms with Crippen molar-refractivity contribution in [3.05, 3.63) is 24.0 Å². The third-order valence-corrected chi connectivity index (χ3v) is 5.42. The molecule has 6 nitrogen and oxygen atoms in total. The molecule has 0 saturated heterocycles. The summed E-state index contributed by atoms with van der Waals surface area (Å²) in [4.78, 5) is -1.06. The summed E-state index contributed by atoms with van der Waals surface area (Å²) in [5.41, 5.74) is 0. The molecule has 0 aliphatic carbocycles. The molecule has 0 fully saturated rings. The second kappa shape index (κ2) is 6.39. The minimum Gasteiger partial charge on any atom is -0.391 e. The number of nitrogens with one attached hydrogen (secondary N) is 1. The number of sulfone groups is 1. The van der Waals surface area contributed by atoms with Gasteiger partial charge in [-0.15, -0.1) is 0 Å². The van der Waals surface area contributed by atoms with Crippen LogP contribution >= 0.6 is 0 Å². The number of aliphatic hydroxyl groups is 1. The van der Waals surface area contributed by atoms with Gasteiger partial charge in [-0.05, 0) is 24.1 Å². The minimum atomic E-state index is -4.25. The normalized spacial score (nSPS) is 14.4. The SMILES string of the molecule is CC(C)C(O)CNS(=O)(=O)c1cc(S(C)(=O)=O)ccc1F. The topological polar surface area (TPSA) is 101 Å². The zero-order chi connectivity index (χ0) is 16.4. The van der Waals surface area contributed by atoms with Crippen molar-refractivity contribution in [1.82, 2.24) is 4.72 Å². The van der Waals surface area contributed by atoms with E-state index in [9.17, 15) is 26.3 Å². The number of hydrogen-bond acceptors (Lipinski definition) is 5. The lowest BCUT2D eigenvalue weighted by molar-refractivity contribution is 0.129. The van der Waals surface area contributed by atoms with E-state index in [1.165, 1.54) is 0 Å². The fraction of sp³-hybridized carbons (Fsp3) is 0.500. The minimum absolute atomic E-state index is 0.181. The van der Waals surface area contributed by atoms with Crippen LogP contribution in [0.25, 0.3) is 0 Å². The van der Waals surface area contributed by atoms with E-state index in [0.29, 0.717) is 0 Å². The maximum absolute atomic E-state index is 13.7. The molecular weight excluding hydrogens is 321 g/mol. The van der Waals surface area contributed by atoms with Gasteiger partial charge in [0.15, 0.2) is 9.84 Å². The number of rotatable bonds is 6. The zero-order valence-electron chi connectivity index (χ0n) is 11.9. The molecule has 0 aliphatic rings. The van der Waals surface area contributed by atoms with E-state index >= 15 is 0 Å². The van der Waals surface area contributed by atoms with Gasteiger partial charge in [0.25, 0.3) is 0 Å². The van der Waals surface area contributed by atoms with Crippen LogP contribution < -0.4 is 4.72 Å². The zero-order valence-corrected chi connectivity index (χ0v) is 13.5. The van der Waals surface area contributed by atoms with Crippen molar-refractivity contribution < 1.29 is 26.3 Å². The van der Waals surface area contributed by atoms with Crippen LogP contribution in [0.4, 0.5) is 4.39 Å². The number of halogens is 1. The van der Waals surface area contributed by atoms with Crippen molar-refractivity contribution >= 4 is 19.9 Å². The predicted octanol–water partition coefficient (Wildman–Crippen LogP) is 0.524. The molecule has 1 rings (SSSR count). The predicted molar refractivity (Wildman–Crippen MR) is 75.5 cm³/mol. The van der Waals surface area contributed by atoms with Crippen molar-refractivity contribution in [3.8, 4) is 0 Å². The van der Waals surface area contributed by atoms with E-state index in [1.807, 2.05) is 0 Å². The van der Waals surface area contributed by atoms with Crippen molar-refractivity contribution in [2.24, 2.45) is 5.92 Å². The summed E-state index contributed by atoms with van der Waals surface area (Å²) in [5.74, 6) is -1.24. The molecule has 0 aliphatic heterocycles. The third-order valence-electron chi connectivity index (χ3n) is 2.87. The highest BCUT2D eigenvalue weighted by Gasteiger charge is 2.23. The Bertz CT molecular complexity index is 713. The summed E-state index contributed by atoms with van der Waals surface area (Å²) in [6, 6.07) is 2.53. The van der Waals surface area contributed by atoms with E-state index < -0.39 is 36.7 Å². The molecule has 21 heavy (non-hydrogen) atoms. The molecule has 0 aromatic heterocycles. The van der Waals surface area contributed by atoms with E-state index in [-0.39, 0.29) is 17.4 Å². The molecule has 1 atom stereocenters. The molecule has 0 radical (unpaired) electrons. The van der Waals surface area contributed by atoms with Gasteiger partial charge in [-0.3, -0.25) is 0 Å². The molecule has 0 bridgehead atoms. The van der Waals surface area contributed by atoms with Gasteiger partial charge < -0.3 is 5.11 Å². The number of hydrogen-bond donors (Lipinski definition) is 2. The lowest BCUT2D eigenvalue weighted by Gasteiger charge is -2.15. The number of aliphatic hydroxyl groups excluding tert-OH is 1. The van der Waals surface area contributed by atoms with Crippen molar-refractivity contribution in [2.45, 2.75) is 29.7 Å². The molecule has 0 amide bonds. The molecule has 1 unspecified atom stereocenters. The third kappa shape index (κ3) is 4.73. The summed E-state index contributed by atoms with van der Waals surface area (Å²) >= 11 is 0. The Labute approximate surface area is 124 Å². The largest absolute Gasteiger partial charge is 0.391 e. The first-order valence-electron chi connectivity index (χ1n) is 6.12. The Morgan fingerprint density at radius 3 is 2.29 bits per heavy atom. The summed E-state index contributed by atoms with van der Waals surface area (Å²) in [5, 5.41) is 9.57. The molecule has 0 spiro atoms. The lowest BCUT2D eigenvalue weighted by atomic mass is 10.1. The average Bonchev–Trinajstić information content (AvgIpc) is 2.34. The van der Waals surface area contributed by atoms with Crippen LogP contribution in [0.5, 0.6) is 0 Å². The van der Waals surface area contributed by atoms with Gasteiger partial charge in [-0.25, -0.2) is 25.9 Å². The van der Waals surface area contributed by atoms with Crippen LogP contribution in [0.2, 0.25) is 0 Å². The van der Waals surface area contributed by atoms with Gasteiger partial charge in [0.1, 0.15) is 10.7 Å².